The van der Waals surface area contributed by atoms with Crippen molar-refractivity contribution in [1.82, 2.24) is 5.32 Å². The quantitative estimate of drug-likeness (QED) is 0.844. The van der Waals surface area contributed by atoms with Gasteiger partial charge < -0.3 is 14.8 Å². The van der Waals surface area contributed by atoms with Crippen LogP contribution < -0.4 is 14.8 Å². The van der Waals surface area contributed by atoms with E-state index >= 15 is 0 Å². The Hall–Kier alpha value is -1.36. The van der Waals surface area contributed by atoms with Crippen molar-refractivity contribution in [2.75, 3.05) is 19.0 Å². The van der Waals surface area contributed by atoms with Gasteiger partial charge >= 0.3 is 0 Å². The van der Waals surface area contributed by atoms with E-state index in [-0.39, 0.29) is 5.91 Å². The average Bonchev–Trinajstić information content (AvgIpc) is 3.20. The molecule has 1 heterocycles. The van der Waals surface area contributed by atoms with Crippen molar-refractivity contribution in [3.8, 4) is 11.5 Å². The predicted molar refractivity (Wildman–Crippen MR) is 69.3 cm³/mol. The lowest BCUT2D eigenvalue weighted by Gasteiger charge is -2.18. The molecule has 1 aromatic carbocycles. The number of fused-ring (bicyclic) bond motifs is 1. The van der Waals surface area contributed by atoms with Crippen LogP contribution in [-0.2, 0) is 4.79 Å². The van der Waals surface area contributed by atoms with Gasteiger partial charge in [-0.2, -0.15) is 0 Å². The summed E-state index contributed by atoms with van der Waals surface area (Å²) in [5.41, 5.74) is 0. The fourth-order valence-electron chi connectivity index (χ4n) is 1.76. The highest BCUT2D eigenvalue weighted by Gasteiger charge is 2.23. The molecule has 1 aliphatic carbocycles. The van der Waals surface area contributed by atoms with Crippen LogP contribution in [0, 0.1) is 0 Å². The molecule has 0 spiro atoms. The van der Waals surface area contributed by atoms with Gasteiger partial charge in [0.1, 0.15) is 13.2 Å². The summed E-state index contributed by atoms with van der Waals surface area (Å²) in [6, 6.07) is 6.22. The maximum absolute atomic E-state index is 11.6. The van der Waals surface area contributed by atoms with E-state index in [0.717, 1.165) is 29.2 Å². The smallest absolute Gasteiger partial charge is 0.230 e. The molecule has 1 amide bonds. The summed E-state index contributed by atoms with van der Waals surface area (Å²) in [6.45, 7) is 1.19. The number of thioether (sulfide) groups is 1. The van der Waals surface area contributed by atoms with Crippen LogP contribution in [0.25, 0.3) is 0 Å². The maximum atomic E-state index is 11.6. The summed E-state index contributed by atoms with van der Waals surface area (Å²) in [6.07, 6.45) is 2.25. The highest BCUT2D eigenvalue weighted by molar-refractivity contribution is 8.00. The maximum Gasteiger partial charge on any atom is 0.230 e. The molecule has 1 N–H and O–H groups in total. The van der Waals surface area contributed by atoms with Crippen molar-refractivity contribution in [1.29, 1.82) is 0 Å². The van der Waals surface area contributed by atoms with Crippen molar-refractivity contribution in [3.05, 3.63) is 18.2 Å². The Kier molecular flexibility index (Phi) is 3.32. The van der Waals surface area contributed by atoms with Crippen LogP contribution >= 0.6 is 11.8 Å². The van der Waals surface area contributed by atoms with E-state index in [0.29, 0.717) is 25.0 Å². The van der Waals surface area contributed by atoms with Gasteiger partial charge in [-0.05, 0) is 31.0 Å². The summed E-state index contributed by atoms with van der Waals surface area (Å²) in [7, 11) is 0. The minimum atomic E-state index is 0.109. The first-order valence-corrected chi connectivity index (χ1v) is 7.11. The van der Waals surface area contributed by atoms with Crippen LogP contribution in [0.1, 0.15) is 12.8 Å². The molecule has 18 heavy (non-hydrogen) atoms. The summed E-state index contributed by atoms with van der Waals surface area (Å²) >= 11 is 1.52. The number of nitrogens with one attached hydrogen (secondary N) is 1. The molecule has 96 valence electrons. The minimum absolute atomic E-state index is 0.109. The van der Waals surface area contributed by atoms with Crippen LogP contribution in [0.5, 0.6) is 11.5 Å². The van der Waals surface area contributed by atoms with Crippen molar-refractivity contribution < 1.29 is 14.3 Å². The lowest BCUT2D eigenvalue weighted by molar-refractivity contribution is -0.118. The van der Waals surface area contributed by atoms with Crippen LogP contribution in [0.2, 0.25) is 0 Å². The van der Waals surface area contributed by atoms with Gasteiger partial charge in [0, 0.05) is 10.9 Å². The van der Waals surface area contributed by atoms with E-state index in [1.807, 2.05) is 18.2 Å². The second kappa shape index (κ2) is 5.10. The summed E-state index contributed by atoms with van der Waals surface area (Å²) in [4.78, 5) is 12.6. The number of carbonyl (C=O) groups excluding carboxylic acids is 1. The molecule has 0 bridgehead atoms. The minimum Gasteiger partial charge on any atom is -0.486 e. The number of hydrogen-bond donors (Lipinski definition) is 1. The van der Waals surface area contributed by atoms with Gasteiger partial charge in [0.15, 0.2) is 11.5 Å². The molecule has 3 rings (SSSR count). The molecule has 1 saturated carbocycles. The first kappa shape index (κ1) is 11.7. The molecule has 1 aliphatic heterocycles. The summed E-state index contributed by atoms with van der Waals surface area (Å²) in [5.74, 6) is 2.12. The Morgan fingerprint density at radius 3 is 2.83 bits per heavy atom. The van der Waals surface area contributed by atoms with Crippen molar-refractivity contribution >= 4 is 17.7 Å². The Morgan fingerprint density at radius 1 is 1.28 bits per heavy atom. The third-order valence-electron chi connectivity index (χ3n) is 2.83. The number of hydrogen-bond acceptors (Lipinski definition) is 4. The second-order valence-electron chi connectivity index (χ2n) is 4.44. The molecule has 1 aromatic rings. The number of ether oxygens (including phenoxy) is 2. The van der Waals surface area contributed by atoms with E-state index in [2.05, 4.69) is 5.32 Å². The molecule has 4 nitrogen and oxygen atoms in total. The number of rotatable bonds is 4. The topological polar surface area (TPSA) is 47.6 Å². The molecule has 0 unspecified atom stereocenters. The third-order valence-corrected chi connectivity index (χ3v) is 3.82. The van der Waals surface area contributed by atoms with Crippen molar-refractivity contribution in [3.63, 3.8) is 0 Å². The molecular formula is C13H15NO3S. The monoisotopic (exact) mass is 265 g/mol. The van der Waals surface area contributed by atoms with Gasteiger partial charge in [0.2, 0.25) is 5.91 Å². The number of carbonyl (C=O) groups is 1. The fraction of sp³-hybridized carbons (Fsp3) is 0.462. The van der Waals surface area contributed by atoms with Crippen molar-refractivity contribution in [2.45, 2.75) is 23.8 Å². The van der Waals surface area contributed by atoms with E-state index in [4.69, 9.17) is 9.47 Å². The van der Waals surface area contributed by atoms with Gasteiger partial charge in [-0.3, -0.25) is 4.79 Å². The standard InChI is InChI=1S/C13H15NO3S/c15-13(14-9-1-2-9)8-18-10-3-4-11-12(7-10)17-6-5-16-11/h3-4,7,9H,1-2,5-6,8H2,(H,14,15). The Bertz CT molecular complexity index is 460. The predicted octanol–water partition coefficient (Wildman–Crippen LogP) is 1.83. The second-order valence-corrected chi connectivity index (χ2v) is 5.48. The zero-order valence-electron chi connectivity index (χ0n) is 9.98. The molecule has 5 heteroatoms. The van der Waals surface area contributed by atoms with E-state index in [9.17, 15) is 4.79 Å². The lowest BCUT2D eigenvalue weighted by Crippen LogP contribution is -2.26. The molecule has 1 fully saturated rings. The van der Waals surface area contributed by atoms with Crippen LogP contribution in [0.3, 0.4) is 0 Å². The van der Waals surface area contributed by atoms with Gasteiger partial charge in [-0.25, -0.2) is 0 Å². The average molecular weight is 265 g/mol. The van der Waals surface area contributed by atoms with Gasteiger partial charge in [-0.1, -0.05) is 0 Å². The zero-order chi connectivity index (χ0) is 12.4. The highest BCUT2D eigenvalue weighted by atomic mass is 32.2. The SMILES string of the molecule is O=C(CSc1ccc2c(c1)OCCO2)NC1CC1. The Balaban J connectivity index is 1.56. The molecule has 0 saturated heterocycles. The molecule has 2 aliphatic rings. The number of benzene rings is 1. The Morgan fingerprint density at radius 2 is 2.06 bits per heavy atom. The van der Waals surface area contributed by atoms with E-state index in [1.54, 1.807) is 0 Å². The fourth-order valence-corrected chi connectivity index (χ4v) is 2.50. The lowest BCUT2D eigenvalue weighted by atomic mass is 10.3. The van der Waals surface area contributed by atoms with Gasteiger partial charge in [0.05, 0.1) is 5.75 Å². The zero-order valence-corrected chi connectivity index (χ0v) is 10.8. The normalized spacial score (nSPS) is 17.3. The highest BCUT2D eigenvalue weighted by Crippen LogP contribution is 2.34. The van der Waals surface area contributed by atoms with Gasteiger partial charge in [-0.15, -0.1) is 11.8 Å². The van der Waals surface area contributed by atoms with E-state index in [1.165, 1.54) is 11.8 Å². The summed E-state index contributed by atoms with van der Waals surface area (Å²) < 4.78 is 11.0. The third kappa shape index (κ3) is 2.90. The molecule has 0 atom stereocenters. The molecule has 0 aromatic heterocycles. The number of amides is 1. The van der Waals surface area contributed by atoms with Crippen LogP contribution in [0.15, 0.2) is 23.1 Å². The Labute approximate surface area is 110 Å². The first-order valence-electron chi connectivity index (χ1n) is 6.13. The van der Waals surface area contributed by atoms with Gasteiger partial charge in [0.25, 0.3) is 0 Å². The molecular weight excluding hydrogens is 250 g/mol. The van der Waals surface area contributed by atoms with Crippen molar-refractivity contribution in [2.24, 2.45) is 0 Å². The van der Waals surface area contributed by atoms with Crippen LogP contribution in [-0.4, -0.2) is 30.9 Å². The first-order chi connectivity index (χ1) is 8.81. The summed E-state index contributed by atoms with van der Waals surface area (Å²) in [5, 5.41) is 2.97. The van der Waals surface area contributed by atoms with Crippen LogP contribution in [0.4, 0.5) is 0 Å². The molecule has 0 radical (unpaired) electrons. The van der Waals surface area contributed by atoms with E-state index < -0.39 is 0 Å². The largest absolute Gasteiger partial charge is 0.486 e.